The minimum atomic E-state index is -3.66. The number of rotatable bonds is 4. The quantitative estimate of drug-likeness (QED) is 0.876. The van der Waals surface area contributed by atoms with Gasteiger partial charge in [-0.1, -0.05) is 35.2 Å². The van der Waals surface area contributed by atoms with Gasteiger partial charge in [0.25, 0.3) is 16.0 Å². The van der Waals surface area contributed by atoms with Crippen LogP contribution in [0.1, 0.15) is 38.1 Å². The van der Waals surface area contributed by atoms with Crippen LogP contribution in [0.3, 0.4) is 0 Å². The van der Waals surface area contributed by atoms with Crippen molar-refractivity contribution < 1.29 is 8.42 Å². The summed E-state index contributed by atoms with van der Waals surface area (Å²) >= 11 is 3.28. The molecule has 0 spiro atoms. The summed E-state index contributed by atoms with van der Waals surface area (Å²) in [5.41, 5.74) is 0. The normalized spacial score (nSPS) is 16.6. The Morgan fingerprint density at radius 3 is 2.50 bits per heavy atom. The highest BCUT2D eigenvalue weighted by Crippen LogP contribution is 2.27. The van der Waals surface area contributed by atoms with Crippen LogP contribution in [0.5, 0.6) is 0 Å². The third-order valence-corrected chi connectivity index (χ3v) is 5.68. The average Bonchev–Trinajstić information content (AvgIpc) is 2.96. The molecule has 1 aromatic heterocycles. The fraction of sp³-hybridized carbons (Fsp3) is 0.429. The molecule has 1 fully saturated rings. The second-order valence-electron chi connectivity index (χ2n) is 5.40. The molecular weight excluding hydrogens is 368 g/mol. The largest absolute Gasteiger partial charge is 0.264 e. The molecule has 22 heavy (non-hydrogen) atoms. The number of hydrogen-bond donors (Lipinski definition) is 1. The second kappa shape index (κ2) is 6.37. The number of benzene rings is 1. The van der Waals surface area contributed by atoms with Gasteiger partial charge in [0.15, 0.2) is 0 Å². The number of nitrogens with one attached hydrogen (secondary N) is 1. The first-order valence-electron chi connectivity index (χ1n) is 7.24. The number of aromatic nitrogens is 3. The zero-order valence-corrected chi connectivity index (χ0v) is 14.3. The first-order chi connectivity index (χ1) is 10.5. The molecule has 3 rings (SSSR count). The fourth-order valence-electron chi connectivity index (χ4n) is 2.64. The lowest BCUT2D eigenvalue weighted by molar-refractivity contribution is 0.329. The van der Waals surface area contributed by atoms with E-state index in [4.69, 9.17) is 0 Å². The Morgan fingerprint density at radius 1 is 1.14 bits per heavy atom. The monoisotopic (exact) mass is 384 g/mol. The van der Waals surface area contributed by atoms with Crippen molar-refractivity contribution in [1.82, 2.24) is 14.8 Å². The van der Waals surface area contributed by atoms with Gasteiger partial charge in [0.1, 0.15) is 6.33 Å². The fourth-order valence-corrected chi connectivity index (χ4v) is 3.85. The third kappa shape index (κ3) is 3.49. The Labute approximate surface area is 138 Å². The summed E-state index contributed by atoms with van der Waals surface area (Å²) < 4.78 is 29.6. The molecule has 1 aromatic carbocycles. The van der Waals surface area contributed by atoms with Gasteiger partial charge in [0, 0.05) is 4.47 Å². The van der Waals surface area contributed by atoms with Crippen molar-refractivity contribution in [2.24, 2.45) is 0 Å². The Bertz CT molecular complexity index is 736. The van der Waals surface area contributed by atoms with Gasteiger partial charge in [-0.15, -0.1) is 5.10 Å². The van der Waals surface area contributed by atoms with Crippen molar-refractivity contribution in [2.75, 3.05) is 4.72 Å². The van der Waals surface area contributed by atoms with Crippen LogP contribution in [0.4, 0.5) is 5.95 Å². The molecule has 6 nitrogen and oxygen atoms in total. The van der Waals surface area contributed by atoms with Crippen LogP contribution in [0.2, 0.25) is 0 Å². The maximum absolute atomic E-state index is 12.3. The minimum Gasteiger partial charge on any atom is -0.248 e. The number of hydrogen-bond acceptors (Lipinski definition) is 4. The lowest BCUT2D eigenvalue weighted by atomic mass is 9.96. The molecular formula is C14H17BrN4O2S. The van der Waals surface area contributed by atoms with Crippen LogP contribution in [-0.2, 0) is 10.0 Å². The molecule has 1 heterocycles. The van der Waals surface area contributed by atoms with Crippen molar-refractivity contribution in [3.8, 4) is 0 Å². The van der Waals surface area contributed by atoms with E-state index in [1.54, 1.807) is 23.1 Å². The van der Waals surface area contributed by atoms with Crippen LogP contribution in [0.25, 0.3) is 0 Å². The van der Waals surface area contributed by atoms with Crippen molar-refractivity contribution in [3.63, 3.8) is 0 Å². The molecule has 0 aliphatic heterocycles. The average molecular weight is 385 g/mol. The van der Waals surface area contributed by atoms with Crippen LogP contribution in [-0.4, -0.2) is 23.2 Å². The molecule has 0 atom stereocenters. The predicted molar refractivity (Wildman–Crippen MR) is 87.1 cm³/mol. The highest BCUT2D eigenvalue weighted by atomic mass is 79.9. The van der Waals surface area contributed by atoms with E-state index in [1.165, 1.54) is 31.4 Å². The molecule has 0 unspecified atom stereocenters. The molecule has 1 saturated carbocycles. The summed E-state index contributed by atoms with van der Waals surface area (Å²) in [5, 5.41) is 4.27. The Kier molecular flexibility index (Phi) is 4.49. The number of nitrogens with zero attached hydrogens (tertiary/aromatic N) is 3. The van der Waals surface area contributed by atoms with Crippen molar-refractivity contribution in [2.45, 2.75) is 43.0 Å². The highest BCUT2D eigenvalue weighted by Gasteiger charge is 2.19. The van der Waals surface area contributed by atoms with E-state index in [2.05, 4.69) is 30.7 Å². The maximum Gasteiger partial charge on any atom is 0.264 e. The zero-order valence-electron chi connectivity index (χ0n) is 11.9. The van der Waals surface area contributed by atoms with E-state index < -0.39 is 10.0 Å². The van der Waals surface area contributed by atoms with Gasteiger partial charge in [-0.05, 0) is 37.1 Å². The number of anilines is 1. The molecule has 2 aromatic rings. The topological polar surface area (TPSA) is 76.9 Å². The summed E-state index contributed by atoms with van der Waals surface area (Å²) in [6, 6.07) is 6.76. The van der Waals surface area contributed by atoms with Gasteiger partial charge in [-0.2, -0.15) is 4.98 Å². The van der Waals surface area contributed by atoms with E-state index in [-0.39, 0.29) is 10.8 Å². The predicted octanol–water partition coefficient (Wildman–Crippen LogP) is 3.35. The summed E-state index contributed by atoms with van der Waals surface area (Å²) in [6.07, 6.45) is 7.38. The van der Waals surface area contributed by atoms with Crippen LogP contribution in [0.15, 0.2) is 40.0 Å². The Morgan fingerprint density at radius 2 is 1.82 bits per heavy atom. The van der Waals surface area contributed by atoms with Crippen LogP contribution >= 0.6 is 15.9 Å². The van der Waals surface area contributed by atoms with E-state index in [9.17, 15) is 8.42 Å². The Hall–Kier alpha value is -1.41. The van der Waals surface area contributed by atoms with Crippen molar-refractivity contribution >= 4 is 31.9 Å². The first-order valence-corrected chi connectivity index (χ1v) is 9.52. The summed E-state index contributed by atoms with van der Waals surface area (Å²) in [7, 11) is -3.66. The molecule has 0 amide bonds. The molecule has 0 saturated heterocycles. The van der Waals surface area contributed by atoms with Crippen LogP contribution in [0, 0.1) is 0 Å². The Balaban J connectivity index is 1.75. The van der Waals surface area contributed by atoms with Gasteiger partial charge in [0.2, 0.25) is 0 Å². The van der Waals surface area contributed by atoms with Gasteiger partial charge in [-0.3, -0.25) is 0 Å². The lowest BCUT2D eigenvalue weighted by Crippen LogP contribution is -2.16. The summed E-state index contributed by atoms with van der Waals surface area (Å²) in [6.45, 7) is 0. The second-order valence-corrected chi connectivity index (χ2v) is 8.00. The number of halogens is 1. The molecule has 118 valence electrons. The maximum atomic E-state index is 12.3. The van der Waals surface area contributed by atoms with E-state index in [1.807, 2.05) is 0 Å². The zero-order chi connectivity index (χ0) is 15.6. The molecule has 0 radical (unpaired) electrons. The van der Waals surface area contributed by atoms with Crippen LogP contribution < -0.4 is 4.72 Å². The summed E-state index contributed by atoms with van der Waals surface area (Å²) in [4.78, 5) is 4.26. The smallest absolute Gasteiger partial charge is 0.248 e. The standard InChI is InChI=1S/C14H17BrN4O2S/c15-11-6-8-13(9-7-11)22(20,21)18-14-16-10-19(17-14)12-4-2-1-3-5-12/h6-10,12H,1-5H2,(H,17,18). The van der Waals surface area contributed by atoms with E-state index in [0.29, 0.717) is 6.04 Å². The van der Waals surface area contributed by atoms with E-state index >= 15 is 0 Å². The number of sulfonamides is 1. The first kappa shape index (κ1) is 15.5. The minimum absolute atomic E-state index is 0.119. The molecule has 1 aliphatic rings. The SMILES string of the molecule is O=S(=O)(Nc1ncn(C2CCCCC2)n1)c1ccc(Br)cc1. The van der Waals surface area contributed by atoms with Gasteiger partial charge in [0.05, 0.1) is 10.9 Å². The lowest BCUT2D eigenvalue weighted by Gasteiger charge is -2.21. The molecule has 1 N–H and O–H groups in total. The van der Waals surface area contributed by atoms with Gasteiger partial charge < -0.3 is 0 Å². The van der Waals surface area contributed by atoms with Crippen molar-refractivity contribution in [1.29, 1.82) is 0 Å². The van der Waals surface area contributed by atoms with Gasteiger partial charge >= 0.3 is 0 Å². The highest BCUT2D eigenvalue weighted by molar-refractivity contribution is 9.10. The molecule has 0 bridgehead atoms. The summed E-state index contributed by atoms with van der Waals surface area (Å²) in [5.74, 6) is 0.119. The molecule has 8 heteroatoms. The third-order valence-electron chi connectivity index (χ3n) is 3.81. The van der Waals surface area contributed by atoms with E-state index in [0.717, 1.165) is 17.3 Å². The molecule has 1 aliphatic carbocycles. The van der Waals surface area contributed by atoms with Crippen molar-refractivity contribution in [3.05, 3.63) is 35.1 Å². The van der Waals surface area contributed by atoms with Gasteiger partial charge in [-0.25, -0.2) is 17.8 Å².